The summed E-state index contributed by atoms with van der Waals surface area (Å²) in [5, 5.41) is 9.56. The highest BCUT2D eigenvalue weighted by atomic mass is 35.5. The second kappa shape index (κ2) is 5.23. The molecule has 0 saturated heterocycles. The van der Waals surface area contributed by atoms with Crippen LogP contribution in [0.1, 0.15) is 25.8 Å². The Kier molecular flexibility index (Phi) is 4.39. The molecular formula is C13H19ClFNO. The van der Waals surface area contributed by atoms with Gasteiger partial charge in [-0.3, -0.25) is 0 Å². The maximum Gasteiger partial charge on any atom is 0.128 e. The van der Waals surface area contributed by atoms with Crippen LogP contribution in [0.2, 0.25) is 5.02 Å². The molecule has 0 radical (unpaired) electrons. The van der Waals surface area contributed by atoms with E-state index in [2.05, 4.69) is 0 Å². The van der Waals surface area contributed by atoms with Crippen molar-refractivity contribution < 1.29 is 9.50 Å². The van der Waals surface area contributed by atoms with Gasteiger partial charge in [0.15, 0.2) is 0 Å². The van der Waals surface area contributed by atoms with Gasteiger partial charge in [-0.25, -0.2) is 4.39 Å². The van der Waals surface area contributed by atoms with Crippen LogP contribution in [0.25, 0.3) is 0 Å². The highest BCUT2D eigenvalue weighted by Gasteiger charge is 2.25. The minimum Gasteiger partial charge on any atom is -0.396 e. The second-order valence-electron chi connectivity index (χ2n) is 4.90. The average molecular weight is 260 g/mol. The van der Waals surface area contributed by atoms with Crippen molar-refractivity contribution in [3.8, 4) is 0 Å². The summed E-state index contributed by atoms with van der Waals surface area (Å²) in [4.78, 5) is 1.90. The molecule has 1 N–H and O–H groups in total. The van der Waals surface area contributed by atoms with Gasteiger partial charge in [0.1, 0.15) is 5.82 Å². The molecule has 17 heavy (non-hydrogen) atoms. The zero-order chi connectivity index (χ0) is 13.2. The van der Waals surface area contributed by atoms with E-state index >= 15 is 0 Å². The summed E-state index contributed by atoms with van der Waals surface area (Å²) in [5.41, 5.74) is 0.903. The van der Waals surface area contributed by atoms with Crippen LogP contribution in [0.15, 0.2) is 12.1 Å². The second-order valence-corrected chi connectivity index (χ2v) is 5.31. The summed E-state index contributed by atoms with van der Waals surface area (Å²) in [6, 6.07) is 3.06. The van der Waals surface area contributed by atoms with Crippen LogP contribution in [0.3, 0.4) is 0 Å². The smallest absolute Gasteiger partial charge is 0.128 e. The summed E-state index contributed by atoms with van der Waals surface area (Å²) in [5.74, 6) is -0.268. The third kappa shape index (κ3) is 3.11. The first-order valence-electron chi connectivity index (χ1n) is 5.60. The van der Waals surface area contributed by atoms with E-state index in [1.807, 2.05) is 25.8 Å². The molecule has 4 heteroatoms. The van der Waals surface area contributed by atoms with Crippen molar-refractivity contribution in [1.29, 1.82) is 0 Å². The van der Waals surface area contributed by atoms with Gasteiger partial charge in [0, 0.05) is 19.2 Å². The summed E-state index contributed by atoms with van der Waals surface area (Å²) in [6.07, 6.45) is 0.593. The fourth-order valence-corrected chi connectivity index (χ4v) is 2.01. The largest absolute Gasteiger partial charge is 0.396 e. The molecule has 0 heterocycles. The average Bonchev–Trinajstić information content (AvgIpc) is 2.22. The number of benzene rings is 1. The molecule has 96 valence electrons. The number of hydrogen-bond acceptors (Lipinski definition) is 2. The summed E-state index contributed by atoms with van der Waals surface area (Å²) >= 11 is 6.13. The number of anilines is 1. The van der Waals surface area contributed by atoms with Crippen LogP contribution in [0.5, 0.6) is 0 Å². The fourth-order valence-electron chi connectivity index (χ4n) is 1.66. The van der Waals surface area contributed by atoms with E-state index in [9.17, 15) is 4.39 Å². The van der Waals surface area contributed by atoms with Crippen molar-refractivity contribution in [3.63, 3.8) is 0 Å². The van der Waals surface area contributed by atoms with E-state index in [0.717, 1.165) is 0 Å². The number of hydrogen-bond donors (Lipinski definition) is 1. The maximum absolute atomic E-state index is 13.6. The lowest BCUT2D eigenvalue weighted by molar-refractivity contribution is 0.250. The Hall–Kier alpha value is -0.800. The van der Waals surface area contributed by atoms with Gasteiger partial charge in [-0.05, 0) is 44.9 Å². The standard InChI is InChI=1S/C13H19ClFNO/c1-9-7-10(14)12(8-11(9)15)16(4)13(2,3)5-6-17/h7-8,17H,5-6H2,1-4H3. The lowest BCUT2D eigenvalue weighted by Crippen LogP contribution is -2.42. The highest BCUT2D eigenvalue weighted by Crippen LogP contribution is 2.33. The van der Waals surface area contributed by atoms with Crippen LogP contribution in [-0.2, 0) is 0 Å². The lowest BCUT2D eigenvalue weighted by atomic mass is 9.98. The Balaban J connectivity index is 3.12. The molecule has 0 aliphatic heterocycles. The number of aliphatic hydroxyl groups is 1. The number of aliphatic hydroxyl groups excluding tert-OH is 1. The van der Waals surface area contributed by atoms with Crippen LogP contribution in [0, 0.1) is 12.7 Å². The molecule has 0 spiro atoms. The number of aryl methyl sites for hydroxylation is 1. The van der Waals surface area contributed by atoms with Gasteiger partial charge in [0.05, 0.1) is 10.7 Å². The van der Waals surface area contributed by atoms with E-state index in [4.69, 9.17) is 16.7 Å². The van der Waals surface area contributed by atoms with Gasteiger partial charge < -0.3 is 10.0 Å². The fraction of sp³-hybridized carbons (Fsp3) is 0.538. The SMILES string of the molecule is Cc1cc(Cl)c(N(C)C(C)(C)CCO)cc1F. The molecule has 0 amide bonds. The van der Waals surface area contributed by atoms with Crippen molar-refractivity contribution >= 4 is 17.3 Å². The van der Waals surface area contributed by atoms with Crippen LogP contribution in [0.4, 0.5) is 10.1 Å². The molecule has 0 unspecified atom stereocenters. The quantitative estimate of drug-likeness (QED) is 0.896. The third-order valence-corrected chi connectivity index (χ3v) is 3.52. The number of rotatable bonds is 4. The van der Waals surface area contributed by atoms with Gasteiger partial charge in [0.25, 0.3) is 0 Å². The van der Waals surface area contributed by atoms with Crippen molar-refractivity contribution in [1.82, 2.24) is 0 Å². The van der Waals surface area contributed by atoms with Crippen molar-refractivity contribution in [2.24, 2.45) is 0 Å². The van der Waals surface area contributed by atoms with Crippen molar-refractivity contribution in [2.75, 3.05) is 18.6 Å². The maximum atomic E-state index is 13.6. The Labute approximate surface area is 107 Å². The topological polar surface area (TPSA) is 23.5 Å². The zero-order valence-electron chi connectivity index (χ0n) is 10.7. The van der Waals surface area contributed by atoms with Crippen molar-refractivity contribution in [2.45, 2.75) is 32.7 Å². The molecule has 2 nitrogen and oxygen atoms in total. The lowest BCUT2D eigenvalue weighted by Gasteiger charge is -2.37. The Morgan fingerprint density at radius 2 is 2.00 bits per heavy atom. The predicted octanol–water partition coefficient (Wildman–Crippen LogP) is 3.38. The molecule has 0 atom stereocenters. The van der Waals surface area contributed by atoms with Gasteiger partial charge in [-0.2, -0.15) is 0 Å². The van der Waals surface area contributed by atoms with E-state index < -0.39 is 0 Å². The van der Waals surface area contributed by atoms with E-state index in [1.165, 1.54) is 6.07 Å². The summed E-state index contributed by atoms with van der Waals surface area (Å²) in [7, 11) is 1.85. The molecule has 1 aromatic rings. The van der Waals surface area contributed by atoms with E-state index in [0.29, 0.717) is 22.7 Å². The predicted molar refractivity (Wildman–Crippen MR) is 70.3 cm³/mol. The Morgan fingerprint density at radius 1 is 1.41 bits per heavy atom. The van der Waals surface area contributed by atoms with Gasteiger partial charge in [-0.15, -0.1) is 0 Å². The third-order valence-electron chi connectivity index (χ3n) is 3.22. The zero-order valence-corrected chi connectivity index (χ0v) is 11.5. The van der Waals surface area contributed by atoms with Crippen LogP contribution < -0.4 is 4.90 Å². The molecule has 0 saturated carbocycles. The van der Waals surface area contributed by atoms with Gasteiger partial charge in [-0.1, -0.05) is 11.6 Å². The minimum absolute atomic E-state index is 0.0866. The first-order chi connectivity index (χ1) is 7.79. The molecule has 0 bridgehead atoms. The molecular weight excluding hydrogens is 241 g/mol. The van der Waals surface area contributed by atoms with Crippen LogP contribution in [-0.4, -0.2) is 24.3 Å². The number of halogens is 2. The Morgan fingerprint density at radius 3 is 2.53 bits per heavy atom. The number of nitrogens with zero attached hydrogens (tertiary/aromatic N) is 1. The minimum atomic E-state index is -0.278. The molecule has 0 aromatic heterocycles. The Bertz CT molecular complexity index is 407. The molecule has 0 fully saturated rings. The van der Waals surface area contributed by atoms with E-state index in [-0.39, 0.29) is 18.0 Å². The monoisotopic (exact) mass is 259 g/mol. The summed E-state index contributed by atoms with van der Waals surface area (Å²) in [6.45, 7) is 5.74. The molecule has 1 rings (SSSR count). The first-order valence-corrected chi connectivity index (χ1v) is 5.97. The van der Waals surface area contributed by atoms with Gasteiger partial charge >= 0.3 is 0 Å². The van der Waals surface area contributed by atoms with E-state index in [1.54, 1.807) is 13.0 Å². The highest BCUT2D eigenvalue weighted by molar-refractivity contribution is 6.33. The van der Waals surface area contributed by atoms with Gasteiger partial charge in [0.2, 0.25) is 0 Å². The normalized spacial score (nSPS) is 11.7. The molecule has 0 aliphatic rings. The van der Waals surface area contributed by atoms with Crippen molar-refractivity contribution in [3.05, 3.63) is 28.5 Å². The first kappa shape index (κ1) is 14.3. The molecule has 1 aromatic carbocycles. The molecule has 0 aliphatic carbocycles. The van der Waals surface area contributed by atoms with Crippen LogP contribution >= 0.6 is 11.6 Å². The summed E-state index contributed by atoms with van der Waals surface area (Å²) < 4.78 is 13.6.